The van der Waals surface area contributed by atoms with E-state index in [1.165, 1.54) is 25.7 Å². The molecule has 15 heavy (non-hydrogen) atoms. The first kappa shape index (κ1) is 11.5. The molecule has 4 unspecified atom stereocenters. The summed E-state index contributed by atoms with van der Waals surface area (Å²) in [6.45, 7) is 12.4. The Morgan fingerprint density at radius 1 is 0.800 bits per heavy atom. The number of hydrogen-bond acceptors (Lipinski definition) is 0. The maximum Gasteiger partial charge on any atom is -0.0308 e. The lowest BCUT2D eigenvalue weighted by molar-refractivity contribution is 0.140. The van der Waals surface area contributed by atoms with Gasteiger partial charge in [-0.25, -0.2) is 0 Å². The molecule has 0 aromatic heterocycles. The Labute approximate surface area is 95.8 Å². The highest BCUT2D eigenvalue weighted by Crippen LogP contribution is 2.57. The van der Waals surface area contributed by atoms with Gasteiger partial charge in [0.2, 0.25) is 0 Å². The Balaban J connectivity index is 2.21. The quantitative estimate of drug-likeness (QED) is 0.539. The Hall–Kier alpha value is 0. The average molecular weight is 208 g/mol. The molecule has 0 heterocycles. The summed E-state index contributed by atoms with van der Waals surface area (Å²) in [5, 5.41) is 0. The van der Waals surface area contributed by atoms with Crippen LogP contribution in [-0.2, 0) is 0 Å². The van der Waals surface area contributed by atoms with Crippen LogP contribution in [0.15, 0.2) is 0 Å². The van der Waals surface area contributed by atoms with Crippen LogP contribution in [0, 0.1) is 35.0 Å². The van der Waals surface area contributed by atoms with Gasteiger partial charge in [-0.05, 0) is 47.8 Å². The zero-order valence-corrected chi connectivity index (χ0v) is 11.2. The lowest BCUT2D eigenvalue weighted by Gasteiger charge is -2.35. The van der Waals surface area contributed by atoms with Crippen LogP contribution in [0.2, 0.25) is 0 Å². The van der Waals surface area contributed by atoms with Crippen molar-refractivity contribution in [3.63, 3.8) is 0 Å². The van der Waals surface area contributed by atoms with Crippen LogP contribution in [0.4, 0.5) is 0 Å². The van der Waals surface area contributed by atoms with Gasteiger partial charge >= 0.3 is 0 Å². The molecule has 0 spiro atoms. The van der Waals surface area contributed by atoms with Crippen LogP contribution < -0.4 is 0 Å². The van der Waals surface area contributed by atoms with Gasteiger partial charge in [0, 0.05) is 0 Å². The van der Waals surface area contributed by atoms with Crippen molar-refractivity contribution in [1.82, 2.24) is 0 Å². The second-order valence-electron chi connectivity index (χ2n) is 7.22. The fraction of sp³-hybridized carbons (Fsp3) is 1.00. The first-order chi connectivity index (χ1) is 6.93. The fourth-order valence-corrected chi connectivity index (χ4v) is 5.08. The zero-order chi connectivity index (χ0) is 11.2. The molecule has 0 bridgehead atoms. The topological polar surface area (TPSA) is 0 Å². The predicted octanol–water partition coefficient (Wildman–Crippen LogP) is 4.74. The third kappa shape index (κ3) is 1.85. The first-order valence-corrected chi connectivity index (χ1v) is 6.93. The Kier molecular flexibility index (Phi) is 2.90. The molecule has 0 heteroatoms. The van der Waals surface area contributed by atoms with Gasteiger partial charge in [-0.15, -0.1) is 0 Å². The summed E-state index contributed by atoms with van der Waals surface area (Å²) in [7, 11) is 0. The Bertz CT molecular complexity index is 205. The largest absolute Gasteiger partial charge is 0.0619 e. The summed E-state index contributed by atoms with van der Waals surface area (Å²) in [6.07, 6.45) is 6.02. The smallest absolute Gasteiger partial charge is 0.0308 e. The summed E-state index contributed by atoms with van der Waals surface area (Å²) < 4.78 is 0. The molecule has 2 saturated carbocycles. The van der Waals surface area contributed by atoms with Crippen molar-refractivity contribution in [2.75, 3.05) is 0 Å². The van der Waals surface area contributed by atoms with Gasteiger partial charge in [0.25, 0.3) is 0 Å². The van der Waals surface area contributed by atoms with E-state index in [2.05, 4.69) is 34.6 Å². The SMILES string of the molecule is CC1C2CCCCC2C(C)C1C(C)(C)C. The van der Waals surface area contributed by atoms with Crippen molar-refractivity contribution in [1.29, 1.82) is 0 Å². The van der Waals surface area contributed by atoms with E-state index < -0.39 is 0 Å². The molecule has 0 saturated heterocycles. The number of rotatable bonds is 0. The van der Waals surface area contributed by atoms with Gasteiger partial charge in [0.05, 0.1) is 0 Å². The molecular weight excluding hydrogens is 180 g/mol. The second-order valence-corrected chi connectivity index (χ2v) is 7.22. The van der Waals surface area contributed by atoms with E-state index in [0.717, 1.165) is 29.6 Å². The van der Waals surface area contributed by atoms with Gasteiger partial charge in [-0.3, -0.25) is 0 Å². The molecule has 0 amide bonds. The molecule has 2 rings (SSSR count). The van der Waals surface area contributed by atoms with E-state index in [1.807, 2.05) is 0 Å². The summed E-state index contributed by atoms with van der Waals surface area (Å²) in [5.41, 5.74) is 0.510. The molecule has 2 fully saturated rings. The van der Waals surface area contributed by atoms with Crippen LogP contribution in [0.25, 0.3) is 0 Å². The molecule has 0 N–H and O–H groups in total. The maximum absolute atomic E-state index is 2.53. The van der Waals surface area contributed by atoms with Crippen LogP contribution >= 0.6 is 0 Å². The molecule has 4 atom stereocenters. The summed E-state index contributed by atoms with van der Waals surface area (Å²) in [6, 6.07) is 0. The van der Waals surface area contributed by atoms with E-state index in [1.54, 1.807) is 0 Å². The van der Waals surface area contributed by atoms with Crippen molar-refractivity contribution in [2.45, 2.75) is 60.3 Å². The van der Waals surface area contributed by atoms with Crippen LogP contribution in [0.1, 0.15) is 60.3 Å². The molecule has 0 aromatic rings. The van der Waals surface area contributed by atoms with Gasteiger partial charge in [-0.2, -0.15) is 0 Å². The minimum absolute atomic E-state index is 0.510. The van der Waals surface area contributed by atoms with Gasteiger partial charge < -0.3 is 0 Å². The predicted molar refractivity (Wildman–Crippen MR) is 66.7 cm³/mol. The van der Waals surface area contributed by atoms with Gasteiger partial charge in [0.1, 0.15) is 0 Å². The standard InChI is InChI=1S/C15H28/c1-10-12-8-6-7-9-13(12)11(2)14(10)15(3,4)5/h10-14H,6-9H2,1-5H3. The van der Waals surface area contributed by atoms with E-state index in [-0.39, 0.29) is 0 Å². The Morgan fingerprint density at radius 3 is 1.53 bits per heavy atom. The zero-order valence-electron chi connectivity index (χ0n) is 11.2. The summed E-state index contributed by atoms with van der Waals surface area (Å²) >= 11 is 0. The highest BCUT2D eigenvalue weighted by molar-refractivity contribution is 4.98. The fourth-order valence-electron chi connectivity index (χ4n) is 5.08. The third-order valence-electron chi connectivity index (χ3n) is 5.36. The van der Waals surface area contributed by atoms with Crippen molar-refractivity contribution in [2.24, 2.45) is 35.0 Å². The number of fused-ring (bicyclic) bond motifs is 1. The minimum Gasteiger partial charge on any atom is -0.0619 e. The van der Waals surface area contributed by atoms with E-state index >= 15 is 0 Å². The van der Waals surface area contributed by atoms with Crippen molar-refractivity contribution >= 4 is 0 Å². The molecule has 0 aromatic carbocycles. The van der Waals surface area contributed by atoms with Gasteiger partial charge in [0.15, 0.2) is 0 Å². The van der Waals surface area contributed by atoms with E-state index in [4.69, 9.17) is 0 Å². The van der Waals surface area contributed by atoms with Crippen molar-refractivity contribution in [3.05, 3.63) is 0 Å². The average Bonchev–Trinajstić information content (AvgIpc) is 2.39. The van der Waals surface area contributed by atoms with Crippen LogP contribution in [0.5, 0.6) is 0 Å². The second kappa shape index (κ2) is 3.79. The monoisotopic (exact) mass is 208 g/mol. The number of hydrogen-bond donors (Lipinski definition) is 0. The van der Waals surface area contributed by atoms with Crippen molar-refractivity contribution < 1.29 is 0 Å². The van der Waals surface area contributed by atoms with Crippen LogP contribution in [-0.4, -0.2) is 0 Å². The minimum atomic E-state index is 0.510. The summed E-state index contributed by atoms with van der Waals surface area (Å²) in [5.74, 6) is 4.98. The Morgan fingerprint density at radius 2 is 1.20 bits per heavy atom. The lowest BCUT2D eigenvalue weighted by atomic mass is 9.70. The molecule has 2 aliphatic rings. The molecule has 2 aliphatic carbocycles. The van der Waals surface area contributed by atoms with Gasteiger partial charge in [-0.1, -0.05) is 47.5 Å². The molecule has 0 radical (unpaired) electrons. The highest BCUT2D eigenvalue weighted by Gasteiger charge is 2.50. The van der Waals surface area contributed by atoms with Crippen molar-refractivity contribution in [3.8, 4) is 0 Å². The summed E-state index contributed by atoms with van der Waals surface area (Å²) in [4.78, 5) is 0. The molecule has 0 nitrogen and oxygen atoms in total. The molecule has 88 valence electrons. The highest BCUT2D eigenvalue weighted by atomic mass is 14.5. The normalized spacial score (nSPS) is 46.6. The first-order valence-electron chi connectivity index (χ1n) is 6.93. The van der Waals surface area contributed by atoms with Crippen LogP contribution in [0.3, 0.4) is 0 Å². The molecule has 0 aliphatic heterocycles. The third-order valence-corrected chi connectivity index (χ3v) is 5.36. The maximum atomic E-state index is 2.53. The molecular formula is C15H28. The lowest BCUT2D eigenvalue weighted by Crippen LogP contribution is -2.28. The van der Waals surface area contributed by atoms with E-state index in [0.29, 0.717) is 5.41 Å². The van der Waals surface area contributed by atoms with E-state index in [9.17, 15) is 0 Å².